The highest BCUT2D eigenvalue weighted by Crippen LogP contribution is 2.33. The van der Waals surface area contributed by atoms with E-state index in [2.05, 4.69) is 0 Å². The van der Waals surface area contributed by atoms with Crippen molar-refractivity contribution in [3.8, 4) is 5.75 Å². The van der Waals surface area contributed by atoms with Crippen LogP contribution in [0.2, 0.25) is 0 Å². The average Bonchev–Trinajstić information content (AvgIpc) is 2.35. The van der Waals surface area contributed by atoms with Crippen LogP contribution in [0.25, 0.3) is 0 Å². The SMILES string of the molecule is COc1cccc(N(C)C(C)CO)c1[C@H](C)N. The third-order valence-electron chi connectivity index (χ3n) is 3.02. The molecule has 4 heteroatoms. The first-order valence-electron chi connectivity index (χ1n) is 5.79. The van der Waals surface area contributed by atoms with Gasteiger partial charge in [-0.1, -0.05) is 6.07 Å². The smallest absolute Gasteiger partial charge is 0.125 e. The van der Waals surface area contributed by atoms with Gasteiger partial charge in [-0.25, -0.2) is 0 Å². The van der Waals surface area contributed by atoms with Crippen LogP contribution in [0.3, 0.4) is 0 Å². The van der Waals surface area contributed by atoms with Crippen molar-refractivity contribution in [1.82, 2.24) is 0 Å². The van der Waals surface area contributed by atoms with Crippen LogP contribution in [0, 0.1) is 0 Å². The fraction of sp³-hybridized carbons (Fsp3) is 0.538. The predicted molar refractivity (Wildman–Crippen MR) is 70.5 cm³/mol. The van der Waals surface area contributed by atoms with Crippen molar-refractivity contribution in [2.45, 2.75) is 25.9 Å². The van der Waals surface area contributed by atoms with Gasteiger partial charge in [0.2, 0.25) is 0 Å². The minimum atomic E-state index is -0.116. The highest BCUT2D eigenvalue weighted by Gasteiger charge is 2.18. The van der Waals surface area contributed by atoms with Crippen LogP contribution in [0.1, 0.15) is 25.5 Å². The first kappa shape index (κ1) is 13.8. The Morgan fingerprint density at radius 2 is 2.06 bits per heavy atom. The molecular formula is C13H22N2O2. The Balaban J connectivity index is 3.22. The molecule has 0 amide bonds. The maximum Gasteiger partial charge on any atom is 0.125 e. The Morgan fingerprint density at radius 1 is 1.41 bits per heavy atom. The summed E-state index contributed by atoms with van der Waals surface area (Å²) in [6.07, 6.45) is 0. The lowest BCUT2D eigenvalue weighted by molar-refractivity contribution is 0.270. The van der Waals surface area contributed by atoms with Crippen LogP contribution in [0.15, 0.2) is 18.2 Å². The van der Waals surface area contributed by atoms with Crippen molar-refractivity contribution in [3.63, 3.8) is 0 Å². The number of benzene rings is 1. The zero-order chi connectivity index (χ0) is 13.0. The van der Waals surface area contributed by atoms with E-state index in [0.717, 1.165) is 17.0 Å². The maximum atomic E-state index is 9.22. The molecule has 0 fully saturated rings. The van der Waals surface area contributed by atoms with Gasteiger partial charge in [-0.3, -0.25) is 0 Å². The molecule has 0 bridgehead atoms. The normalized spacial score (nSPS) is 14.2. The van der Waals surface area contributed by atoms with E-state index in [-0.39, 0.29) is 18.7 Å². The second-order valence-corrected chi connectivity index (χ2v) is 4.32. The van der Waals surface area contributed by atoms with Crippen LogP contribution < -0.4 is 15.4 Å². The number of anilines is 1. The van der Waals surface area contributed by atoms with Gasteiger partial charge >= 0.3 is 0 Å². The molecule has 0 aliphatic rings. The molecule has 1 rings (SSSR count). The van der Waals surface area contributed by atoms with Gasteiger partial charge in [-0.2, -0.15) is 0 Å². The second-order valence-electron chi connectivity index (χ2n) is 4.32. The molecule has 3 N–H and O–H groups in total. The third kappa shape index (κ3) is 2.90. The van der Waals surface area contributed by atoms with Crippen molar-refractivity contribution in [1.29, 1.82) is 0 Å². The van der Waals surface area contributed by atoms with Crippen molar-refractivity contribution < 1.29 is 9.84 Å². The molecule has 0 saturated carbocycles. The lowest BCUT2D eigenvalue weighted by Crippen LogP contribution is -2.33. The summed E-state index contributed by atoms with van der Waals surface area (Å²) in [4.78, 5) is 2.02. The van der Waals surface area contributed by atoms with Crippen LogP contribution in [0.4, 0.5) is 5.69 Å². The Kier molecular flexibility index (Phi) is 4.78. The molecule has 0 radical (unpaired) electrons. The highest BCUT2D eigenvalue weighted by molar-refractivity contribution is 5.60. The first-order chi connectivity index (χ1) is 8.02. The topological polar surface area (TPSA) is 58.7 Å². The van der Waals surface area contributed by atoms with E-state index >= 15 is 0 Å². The summed E-state index contributed by atoms with van der Waals surface area (Å²) in [6.45, 7) is 4.00. The molecule has 1 aromatic rings. The van der Waals surface area contributed by atoms with Crippen molar-refractivity contribution in [2.24, 2.45) is 5.73 Å². The number of aliphatic hydroxyl groups excluding tert-OH is 1. The number of hydrogen-bond acceptors (Lipinski definition) is 4. The number of likely N-dealkylation sites (N-methyl/N-ethyl adjacent to an activating group) is 1. The molecule has 0 aliphatic heterocycles. The quantitative estimate of drug-likeness (QED) is 0.817. The fourth-order valence-electron chi connectivity index (χ4n) is 1.84. The zero-order valence-electron chi connectivity index (χ0n) is 11.0. The van der Waals surface area contributed by atoms with E-state index in [0.29, 0.717) is 0 Å². The van der Waals surface area contributed by atoms with Crippen molar-refractivity contribution in [3.05, 3.63) is 23.8 Å². The maximum absolute atomic E-state index is 9.22. The van der Waals surface area contributed by atoms with Crippen molar-refractivity contribution in [2.75, 3.05) is 25.7 Å². The van der Waals surface area contributed by atoms with E-state index in [1.165, 1.54) is 0 Å². The van der Waals surface area contributed by atoms with Crippen LogP contribution >= 0.6 is 0 Å². The number of aliphatic hydroxyl groups is 1. The Bertz CT molecular complexity index is 366. The summed E-state index contributed by atoms with van der Waals surface area (Å²) in [5.74, 6) is 0.787. The van der Waals surface area contributed by atoms with Gasteiger partial charge in [-0.05, 0) is 26.0 Å². The number of ether oxygens (including phenoxy) is 1. The molecular weight excluding hydrogens is 216 g/mol. The standard InChI is InChI=1S/C13H22N2O2/c1-9(8-16)15(3)11-6-5-7-12(17-4)13(11)10(2)14/h5-7,9-10,16H,8,14H2,1-4H3/t9?,10-/m0/s1. The summed E-state index contributed by atoms with van der Waals surface area (Å²) < 4.78 is 5.34. The van der Waals surface area contributed by atoms with Gasteiger partial charge in [0, 0.05) is 30.4 Å². The number of methoxy groups -OCH3 is 1. The number of nitrogens with two attached hydrogens (primary N) is 1. The average molecular weight is 238 g/mol. The summed E-state index contributed by atoms with van der Waals surface area (Å²) in [5, 5.41) is 9.22. The Labute approximate surface area is 103 Å². The van der Waals surface area contributed by atoms with E-state index in [1.54, 1.807) is 7.11 Å². The molecule has 0 aromatic heterocycles. The summed E-state index contributed by atoms with van der Waals surface area (Å²) in [5.41, 5.74) is 7.97. The molecule has 0 spiro atoms. The van der Waals surface area contributed by atoms with Gasteiger partial charge < -0.3 is 20.5 Å². The molecule has 96 valence electrons. The second kappa shape index (κ2) is 5.89. The lowest BCUT2D eigenvalue weighted by atomic mass is 10.0. The van der Waals surface area contributed by atoms with E-state index in [1.807, 2.05) is 44.0 Å². The van der Waals surface area contributed by atoms with Gasteiger partial charge in [0.25, 0.3) is 0 Å². The fourth-order valence-corrected chi connectivity index (χ4v) is 1.84. The van der Waals surface area contributed by atoms with E-state index in [9.17, 15) is 5.11 Å². The Morgan fingerprint density at radius 3 is 2.53 bits per heavy atom. The molecule has 0 saturated heterocycles. The lowest BCUT2D eigenvalue weighted by Gasteiger charge is -2.29. The van der Waals surface area contributed by atoms with Gasteiger partial charge in [0.1, 0.15) is 5.75 Å². The summed E-state index contributed by atoms with van der Waals surface area (Å²) >= 11 is 0. The first-order valence-corrected chi connectivity index (χ1v) is 5.79. The van der Waals surface area contributed by atoms with Crippen molar-refractivity contribution >= 4 is 5.69 Å². The van der Waals surface area contributed by atoms with Gasteiger partial charge in [-0.15, -0.1) is 0 Å². The zero-order valence-corrected chi connectivity index (χ0v) is 11.0. The monoisotopic (exact) mass is 238 g/mol. The molecule has 0 aliphatic carbocycles. The summed E-state index contributed by atoms with van der Waals surface area (Å²) in [6, 6.07) is 5.75. The largest absolute Gasteiger partial charge is 0.496 e. The van der Waals surface area contributed by atoms with Crippen LogP contribution in [0.5, 0.6) is 5.75 Å². The molecule has 2 atom stereocenters. The molecule has 1 unspecified atom stereocenters. The number of rotatable bonds is 5. The summed E-state index contributed by atoms with van der Waals surface area (Å²) in [7, 11) is 3.59. The van der Waals surface area contributed by atoms with Gasteiger partial charge in [0.05, 0.1) is 13.7 Å². The number of hydrogen-bond donors (Lipinski definition) is 2. The third-order valence-corrected chi connectivity index (χ3v) is 3.02. The Hall–Kier alpha value is -1.26. The van der Waals surface area contributed by atoms with E-state index < -0.39 is 0 Å². The van der Waals surface area contributed by atoms with Crippen LogP contribution in [-0.4, -0.2) is 31.9 Å². The molecule has 0 heterocycles. The molecule has 1 aromatic carbocycles. The number of nitrogens with zero attached hydrogens (tertiary/aromatic N) is 1. The minimum Gasteiger partial charge on any atom is -0.496 e. The molecule has 4 nitrogen and oxygen atoms in total. The predicted octanol–water partition coefficient (Wildman–Crippen LogP) is 1.53. The molecule has 17 heavy (non-hydrogen) atoms. The van der Waals surface area contributed by atoms with Gasteiger partial charge in [0.15, 0.2) is 0 Å². The minimum absolute atomic E-state index is 0.0413. The highest BCUT2D eigenvalue weighted by atomic mass is 16.5. The van der Waals surface area contributed by atoms with Crippen LogP contribution in [-0.2, 0) is 0 Å². The van der Waals surface area contributed by atoms with E-state index in [4.69, 9.17) is 10.5 Å².